The van der Waals surface area contributed by atoms with Gasteiger partial charge in [-0.2, -0.15) is 15.0 Å². The molecule has 0 saturated heterocycles. The molecule has 0 atom stereocenters. The summed E-state index contributed by atoms with van der Waals surface area (Å²) >= 11 is 0. The fourth-order valence-electron chi connectivity index (χ4n) is 3.81. The summed E-state index contributed by atoms with van der Waals surface area (Å²) in [6, 6.07) is 24.6. The van der Waals surface area contributed by atoms with Crippen LogP contribution in [0, 0.1) is 6.92 Å². The van der Waals surface area contributed by atoms with Crippen LogP contribution in [-0.4, -0.2) is 46.2 Å². The number of rotatable bonds is 11. The maximum absolute atomic E-state index is 12.7. The molecule has 4 aromatic rings. The third kappa shape index (κ3) is 7.10. The fraction of sp³-hybridized carbons (Fsp3) is 0.276. The quantitative estimate of drug-likeness (QED) is 0.249. The molecule has 192 valence electrons. The minimum atomic E-state index is -0.405. The van der Waals surface area contributed by atoms with Gasteiger partial charge in [0.05, 0.1) is 30.8 Å². The van der Waals surface area contributed by atoms with E-state index in [1.807, 2.05) is 68.4 Å². The highest BCUT2D eigenvalue weighted by molar-refractivity contribution is 5.70. The van der Waals surface area contributed by atoms with Gasteiger partial charge in [0.1, 0.15) is 17.2 Å². The number of para-hydroxylation sites is 1. The zero-order chi connectivity index (χ0) is 26.0. The molecule has 0 fully saturated rings. The van der Waals surface area contributed by atoms with Crippen molar-refractivity contribution < 1.29 is 19.0 Å². The highest BCUT2D eigenvalue weighted by Crippen LogP contribution is 2.20. The Hall–Kier alpha value is -4.33. The summed E-state index contributed by atoms with van der Waals surface area (Å²) in [6.07, 6.45) is 1.19. The summed E-state index contributed by atoms with van der Waals surface area (Å²) in [4.78, 5) is 16.0. The molecule has 1 aromatic heterocycles. The van der Waals surface area contributed by atoms with Gasteiger partial charge in [0, 0.05) is 13.1 Å². The van der Waals surface area contributed by atoms with Crippen LogP contribution in [0.25, 0.3) is 5.69 Å². The number of ether oxygens (including phenoxy) is 3. The van der Waals surface area contributed by atoms with Crippen LogP contribution in [-0.2, 0) is 13.0 Å². The van der Waals surface area contributed by atoms with Crippen molar-refractivity contribution in [1.82, 2.24) is 19.9 Å². The second-order valence-electron chi connectivity index (χ2n) is 8.51. The van der Waals surface area contributed by atoms with Gasteiger partial charge in [-0.3, -0.25) is 0 Å². The molecule has 8 heteroatoms. The SMILES string of the molecule is CCN(Cc1cccc(OCCCc2nn(-c3ccccc3)nc2C)c1)C(=O)Oc1ccc(OC)cc1. The second-order valence-corrected chi connectivity index (χ2v) is 8.51. The maximum atomic E-state index is 12.7. The van der Waals surface area contributed by atoms with Crippen LogP contribution in [0.1, 0.15) is 30.3 Å². The lowest BCUT2D eigenvalue weighted by atomic mass is 10.2. The number of methoxy groups -OCH3 is 1. The van der Waals surface area contributed by atoms with Crippen LogP contribution in [0.4, 0.5) is 4.79 Å². The van der Waals surface area contributed by atoms with Crippen molar-refractivity contribution in [1.29, 1.82) is 0 Å². The number of benzene rings is 3. The standard InChI is InChI=1S/C29H32N4O4/c1-4-32(29(34)37-26-17-15-25(35-3)16-18-26)21-23-10-8-13-27(20-23)36-19-9-14-28-22(2)30-33(31-28)24-11-6-5-7-12-24/h5-8,10-13,15-18,20H,4,9,14,19,21H2,1-3H3. The first-order chi connectivity index (χ1) is 18.1. The number of aryl methyl sites for hydroxylation is 2. The molecule has 1 heterocycles. The van der Waals surface area contributed by atoms with Gasteiger partial charge < -0.3 is 19.1 Å². The Bertz CT molecular complexity index is 1290. The zero-order valence-corrected chi connectivity index (χ0v) is 21.5. The maximum Gasteiger partial charge on any atom is 0.415 e. The molecule has 0 aliphatic carbocycles. The lowest BCUT2D eigenvalue weighted by molar-refractivity contribution is 0.152. The fourth-order valence-corrected chi connectivity index (χ4v) is 3.81. The monoisotopic (exact) mass is 500 g/mol. The number of aromatic nitrogens is 3. The number of hydrogen-bond donors (Lipinski definition) is 0. The van der Waals surface area contributed by atoms with Crippen molar-refractivity contribution in [2.75, 3.05) is 20.3 Å². The molecule has 37 heavy (non-hydrogen) atoms. The predicted molar refractivity (Wildman–Crippen MR) is 141 cm³/mol. The van der Waals surface area contributed by atoms with Gasteiger partial charge in [-0.15, -0.1) is 0 Å². The number of amides is 1. The van der Waals surface area contributed by atoms with Crippen LogP contribution in [0.3, 0.4) is 0 Å². The summed E-state index contributed by atoms with van der Waals surface area (Å²) in [5.41, 5.74) is 3.80. The Balaban J connectivity index is 1.27. The van der Waals surface area contributed by atoms with Crippen molar-refractivity contribution in [2.24, 2.45) is 0 Å². The molecule has 0 bridgehead atoms. The first-order valence-electron chi connectivity index (χ1n) is 12.4. The number of nitrogens with zero attached hydrogens (tertiary/aromatic N) is 4. The van der Waals surface area contributed by atoms with Gasteiger partial charge in [0.2, 0.25) is 0 Å². The molecule has 0 unspecified atom stereocenters. The molecule has 0 N–H and O–H groups in total. The molecule has 0 saturated carbocycles. The van der Waals surface area contributed by atoms with Crippen LogP contribution in [0.5, 0.6) is 17.2 Å². The predicted octanol–water partition coefficient (Wildman–Crippen LogP) is 5.62. The van der Waals surface area contributed by atoms with E-state index in [9.17, 15) is 4.79 Å². The van der Waals surface area contributed by atoms with Crippen LogP contribution in [0.2, 0.25) is 0 Å². The lowest BCUT2D eigenvalue weighted by Crippen LogP contribution is -2.32. The van der Waals surface area contributed by atoms with E-state index in [1.165, 1.54) is 0 Å². The molecule has 0 aliphatic rings. The average molecular weight is 501 g/mol. The number of hydrogen-bond acceptors (Lipinski definition) is 6. The highest BCUT2D eigenvalue weighted by atomic mass is 16.6. The van der Waals surface area contributed by atoms with Crippen molar-refractivity contribution >= 4 is 6.09 Å². The Morgan fingerprint density at radius 3 is 2.41 bits per heavy atom. The van der Waals surface area contributed by atoms with E-state index in [1.54, 1.807) is 41.1 Å². The van der Waals surface area contributed by atoms with E-state index < -0.39 is 6.09 Å². The highest BCUT2D eigenvalue weighted by Gasteiger charge is 2.15. The van der Waals surface area contributed by atoms with Crippen LogP contribution < -0.4 is 14.2 Å². The van der Waals surface area contributed by atoms with Gasteiger partial charge in [-0.05, 0) is 80.8 Å². The smallest absolute Gasteiger partial charge is 0.415 e. The third-order valence-corrected chi connectivity index (χ3v) is 5.87. The minimum Gasteiger partial charge on any atom is -0.497 e. The Kier molecular flexibility index (Phi) is 8.75. The summed E-state index contributed by atoms with van der Waals surface area (Å²) in [5, 5.41) is 9.16. The molecule has 0 spiro atoms. The Labute approximate surface area is 217 Å². The first-order valence-corrected chi connectivity index (χ1v) is 12.4. The van der Waals surface area contributed by atoms with Gasteiger partial charge >= 0.3 is 6.09 Å². The van der Waals surface area contributed by atoms with Crippen molar-refractivity contribution in [2.45, 2.75) is 33.2 Å². The lowest BCUT2D eigenvalue weighted by Gasteiger charge is -2.20. The molecule has 4 rings (SSSR count). The van der Waals surface area contributed by atoms with E-state index in [4.69, 9.17) is 14.2 Å². The molecule has 8 nitrogen and oxygen atoms in total. The van der Waals surface area contributed by atoms with Gasteiger partial charge in [0.25, 0.3) is 0 Å². The minimum absolute atomic E-state index is 0.405. The topological polar surface area (TPSA) is 78.7 Å². The van der Waals surface area contributed by atoms with Crippen molar-refractivity contribution in [3.63, 3.8) is 0 Å². The molecule has 0 radical (unpaired) electrons. The van der Waals surface area contributed by atoms with E-state index in [-0.39, 0.29) is 0 Å². The van der Waals surface area contributed by atoms with Crippen LogP contribution in [0.15, 0.2) is 78.9 Å². The number of carbonyl (C=O) groups is 1. The Morgan fingerprint density at radius 1 is 0.919 bits per heavy atom. The van der Waals surface area contributed by atoms with Crippen molar-refractivity contribution in [3.8, 4) is 22.9 Å². The number of carbonyl (C=O) groups excluding carboxylic acids is 1. The largest absolute Gasteiger partial charge is 0.497 e. The zero-order valence-electron chi connectivity index (χ0n) is 21.5. The molecule has 3 aromatic carbocycles. The van der Waals surface area contributed by atoms with Crippen molar-refractivity contribution in [3.05, 3.63) is 95.8 Å². The summed E-state index contributed by atoms with van der Waals surface area (Å²) in [5.74, 6) is 1.94. The van der Waals surface area contributed by atoms with E-state index in [0.29, 0.717) is 31.2 Å². The summed E-state index contributed by atoms with van der Waals surface area (Å²) in [7, 11) is 1.59. The van der Waals surface area contributed by atoms with E-state index in [2.05, 4.69) is 10.2 Å². The second kappa shape index (κ2) is 12.6. The van der Waals surface area contributed by atoms with Gasteiger partial charge in [-0.1, -0.05) is 30.3 Å². The summed E-state index contributed by atoms with van der Waals surface area (Å²) in [6.45, 7) is 5.39. The third-order valence-electron chi connectivity index (χ3n) is 5.87. The normalized spacial score (nSPS) is 10.7. The average Bonchev–Trinajstić information content (AvgIpc) is 3.31. The van der Waals surface area contributed by atoms with Gasteiger partial charge in [0.15, 0.2) is 0 Å². The molecular weight excluding hydrogens is 468 g/mol. The van der Waals surface area contributed by atoms with E-state index >= 15 is 0 Å². The molecule has 1 amide bonds. The Morgan fingerprint density at radius 2 is 1.68 bits per heavy atom. The first kappa shape index (κ1) is 25.8. The molecule has 0 aliphatic heterocycles. The van der Waals surface area contributed by atoms with E-state index in [0.717, 1.165) is 41.2 Å². The summed E-state index contributed by atoms with van der Waals surface area (Å²) < 4.78 is 16.7. The van der Waals surface area contributed by atoms with Gasteiger partial charge in [-0.25, -0.2) is 4.79 Å². The van der Waals surface area contributed by atoms with Crippen LogP contribution >= 0.6 is 0 Å². The molecular formula is C29H32N4O4.